The summed E-state index contributed by atoms with van der Waals surface area (Å²) in [6.45, 7) is 1.58. The van der Waals surface area contributed by atoms with Crippen molar-refractivity contribution in [3.63, 3.8) is 0 Å². The van der Waals surface area contributed by atoms with Crippen LogP contribution in [-0.4, -0.2) is 25.0 Å². The van der Waals surface area contributed by atoms with Crippen LogP contribution in [0.3, 0.4) is 0 Å². The van der Waals surface area contributed by atoms with E-state index in [0.29, 0.717) is 5.56 Å². The maximum atomic E-state index is 11.2. The molecule has 1 aromatic rings. The Morgan fingerprint density at radius 2 is 1.86 bits per heavy atom. The third-order valence-corrected chi connectivity index (χ3v) is 3.74. The Hall–Kier alpha value is -0.870. The lowest BCUT2D eigenvalue weighted by Gasteiger charge is -2.09. The van der Waals surface area contributed by atoms with Gasteiger partial charge >= 0.3 is 0 Å². The normalized spacial score (nSPS) is 13.9. The molecule has 0 amide bonds. The van der Waals surface area contributed by atoms with Gasteiger partial charge in [-0.05, 0) is 5.56 Å². The molecule has 0 radical (unpaired) electrons. The van der Waals surface area contributed by atoms with Crippen molar-refractivity contribution in [2.45, 2.75) is 13.0 Å². The van der Waals surface area contributed by atoms with Crippen molar-refractivity contribution in [1.82, 2.24) is 0 Å². The van der Waals surface area contributed by atoms with Gasteiger partial charge in [-0.2, -0.15) is 0 Å². The molecule has 0 heterocycles. The van der Waals surface area contributed by atoms with Gasteiger partial charge in [0.05, 0.1) is 11.9 Å². The Morgan fingerprint density at radius 3 is 2.36 bits per heavy atom. The minimum absolute atomic E-state index is 0.0664. The molecule has 3 nitrogen and oxygen atoms in total. The van der Waals surface area contributed by atoms with E-state index in [-0.39, 0.29) is 11.5 Å². The Morgan fingerprint density at radius 1 is 1.29 bits per heavy atom. The second-order valence-corrected chi connectivity index (χ2v) is 5.52. The van der Waals surface area contributed by atoms with Crippen LogP contribution >= 0.6 is 0 Å². The van der Waals surface area contributed by atoms with Crippen LogP contribution in [0.1, 0.15) is 18.6 Å². The molecule has 4 heteroatoms. The molecule has 0 spiro atoms. The molecule has 1 atom stereocenters. The molecule has 78 valence electrons. The summed E-state index contributed by atoms with van der Waals surface area (Å²) < 4.78 is 22.4. The van der Waals surface area contributed by atoms with Gasteiger partial charge < -0.3 is 5.11 Å². The van der Waals surface area contributed by atoms with E-state index in [1.54, 1.807) is 31.2 Å². The van der Waals surface area contributed by atoms with Crippen molar-refractivity contribution >= 4 is 9.84 Å². The number of sulfone groups is 1. The third-order valence-electron chi connectivity index (χ3n) is 2.04. The molecule has 0 saturated heterocycles. The van der Waals surface area contributed by atoms with Gasteiger partial charge in [0, 0.05) is 5.75 Å². The maximum Gasteiger partial charge on any atom is 0.152 e. The SMILES string of the molecule is CCS(=O)(=O)CC(O)c1ccccc1. The average Bonchev–Trinajstić information content (AvgIpc) is 2.19. The first-order chi connectivity index (χ1) is 6.55. The lowest BCUT2D eigenvalue weighted by atomic mass is 10.1. The monoisotopic (exact) mass is 214 g/mol. The lowest BCUT2D eigenvalue weighted by Crippen LogP contribution is -2.15. The fraction of sp³-hybridized carbons (Fsp3) is 0.400. The number of benzene rings is 1. The van der Waals surface area contributed by atoms with Crippen molar-refractivity contribution in [1.29, 1.82) is 0 Å². The van der Waals surface area contributed by atoms with Crippen LogP contribution < -0.4 is 0 Å². The highest BCUT2D eigenvalue weighted by molar-refractivity contribution is 7.91. The van der Waals surface area contributed by atoms with Gasteiger partial charge in [0.1, 0.15) is 0 Å². The zero-order chi connectivity index (χ0) is 10.6. The van der Waals surface area contributed by atoms with Crippen LogP contribution in [0, 0.1) is 0 Å². The Balaban J connectivity index is 2.74. The first-order valence-corrected chi connectivity index (χ1v) is 6.30. The van der Waals surface area contributed by atoms with E-state index >= 15 is 0 Å². The fourth-order valence-corrected chi connectivity index (χ4v) is 2.04. The smallest absolute Gasteiger partial charge is 0.152 e. The molecule has 14 heavy (non-hydrogen) atoms. The molecule has 0 aromatic heterocycles. The standard InChI is InChI=1S/C10H14O3S/c1-2-14(12,13)8-10(11)9-6-4-3-5-7-9/h3-7,10-11H,2,8H2,1H3. The predicted molar refractivity (Wildman–Crippen MR) is 55.7 cm³/mol. The second kappa shape index (κ2) is 4.57. The predicted octanol–water partition coefficient (Wildman–Crippen LogP) is 1.15. The molecule has 0 fully saturated rings. The van der Waals surface area contributed by atoms with E-state index in [0.717, 1.165) is 0 Å². The zero-order valence-corrected chi connectivity index (χ0v) is 8.87. The van der Waals surface area contributed by atoms with Crippen LogP contribution in [0.15, 0.2) is 30.3 Å². The van der Waals surface area contributed by atoms with Gasteiger partial charge in [0.2, 0.25) is 0 Å². The molecule has 0 saturated carbocycles. The summed E-state index contributed by atoms with van der Waals surface area (Å²) in [6, 6.07) is 8.81. The highest BCUT2D eigenvalue weighted by Crippen LogP contribution is 2.14. The van der Waals surface area contributed by atoms with E-state index in [1.165, 1.54) is 0 Å². The number of aliphatic hydroxyl groups excluding tert-OH is 1. The first-order valence-electron chi connectivity index (χ1n) is 4.48. The Bertz CT molecular complexity index is 370. The van der Waals surface area contributed by atoms with Gasteiger partial charge in [0.15, 0.2) is 9.84 Å². The van der Waals surface area contributed by atoms with Crippen LogP contribution in [0.5, 0.6) is 0 Å². The van der Waals surface area contributed by atoms with E-state index in [9.17, 15) is 13.5 Å². The number of hydrogen-bond donors (Lipinski definition) is 1. The fourth-order valence-electron chi connectivity index (χ4n) is 1.13. The molecule has 0 aliphatic carbocycles. The van der Waals surface area contributed by atoms with Gasteiger partial charge in [-0.3, -0.25) is 0 Å². The van der Waals surface area contributed by atoms with Gasteiger partial charge in [-0.15, -0.1) is 0 Å². The molecule has 1 unspecified atom stereocenters. The highest BCUT2D eigenvalue weighted by Gasteiger charge is 2.16. The molecule has 1 N–H and O–H groups in total. The molecular weight excluding hydrogens is 200 g/mol. The van der Waals surface area contributed by atoms with Crippen molar-refractivity contribution in [2.24, 2.45) is 0 Å². The van der Waals surface area contributed by atoms with Gasteiger partial charge in [-0.1, -0.05) is 37.3 Å². The largest absolute Gasteiger partial charge is 0.387 e. The van der Waals surface area contributed by atoms with Crippen LogP contribution in [0.4, 0.5) is 0 Å². The van der Waals surface area contributed by atoms with Crippen molar-refractivity contribution in [3.8, 4) is 0 Å². The first kappa shape index (κ1) is 11.2. The van der Waals surface area contributed by atoms with E-state index in [4.69, 9.17) is 0 Å². The summed E-state index contributed by atoms with van der Waals surface area (Å²) in [7, 11) is -3.12. The van der Waals surface area contributed by atoms with Crippen LogP contribution in [-0.2, 0) is 9.84 Å². The lowest BCUT2D eigenvalue weighted by molar-refractivity contribution is 0.201. The average molecular weight is 214 g/mol. The highest BCUT2D eigenvalue weighted by atomic mass is 32.2. The Kier molecular flexibility index (Phi) is 3.66. The number of hydrogen-bond acceptors (Lipinski definition) is 3. The van der Waals surface area contributed by atoms with Gasteiger partial charge in [0.25, 0.3) is 0 Å². The molecular formula is C10H14O3S. The molecule has 0 aliphatic rings. The second-order valence-electron chi connectivity index (χ2n) is 3.13. The summed E-state index contributed by atoms with van der Waals surface area (Å²) in [5.41, 5.74) is 0.643. The third kappa shape index (κ3) is 3.12. The van der Waals surface area contributed by atoms with Crippen LogP contribution in [0.25, 0.3) is 0 Å². The van der Waals surface area contributed by atoms with Gasteiger partial charge in [-0.25, -0.2) is 8.42 Å². The van der Waals surface area contributed by atoms with E-state index in [1.807, 2.05) is 6.07 Å². The molecule has 0 bridgehead atoms. The van der Waals surface area contributed by atoms with Crippen molar-refractivity contribution < 1.29 is 13.5 Å². The summed E-state index contributed by atoms with van der Waals surface area (Å²) >= 11 is 0. The van der Waals surface area contributed by atoms with E-state index < -0.39 is 15.9 Å². The van der Waals surface area contributed by atoms with E-state index in [2.05, 4.69) is 0 Å². The van der Waals surface area contributed by atoms with Crippen molar-refractivity contribution in [3.05, 3.63) is 35.9 Å². The Labute approximate surface area is 84.3 Å². The molecule has 1 aromatic carbocycles. The topological polar surface area (TPSA) is 54.4 Å². The molecule has 0 aliphatic heterocycles. The minimum atomic E-state index is -3.12. The summed E-state index contributed by atoms with van der Waals surface area (Å²) in [6.07, 6.45) is -0.916. The summed E-state index contributed by atoms with van der Waals surface area (Å²) in [5, 5.41) is 9.61. The maximum absolute atomic E-state index is 11.2. The van der Waals surface area contributed by atoms with Crippen molar-refractivity contribution in [2.75, 3.05) is 11.5 Å². The minimum Gasteiger partial charge on any atom is -0.387 e. The van der Waals surface area contributed by atoms with Crippen LogP contribution in [0.2, 0.25) is 0 Å². The number of aliphatic hydroxyl groups is 1. The zero-order valence-electron chi connectivity index (χ0n) is 8.05. The summed E-state index contributed by atoms with van der Waals surface area (Å²) in [5.74, 6) is -0.135. The number of rotatable bonds is 4. The summed E-state index contributed by atoms with van der Waals surface area (Å²) in [4.78, 5) is 0. The quantitative estimate of drug-likeness (QED) is 0.818. The molecule has 1 rings (SSSR count).